The van der Waals surface area contributed by atoms with Crippen LogP contribution in [0, 0.1) is 0 Å². The minimum atomic E-state index is 0.503. The third-order valence-electron chi connectivity index (χ3n) is 2.88. The maximum absolute atomic E-state index is 5.97. The Bertz CT molecular complexity index is 413. The molecule has 0 bridgehead atoms. The number of nitrogens with zero attached hydrogens (tertiary/aromatic N) is 1. The molecule has 0 aromatic heterocycles. The quantitative estimate of drug-likeness (QED) is 0.578. The molecular weight excluding hydrogens is 272 g/mol. The first-order valence-electron chi connectivity index (χ1n) is 6.96. The van der Waals surface area contributed by atoms with Crippen LogP contribution in [0.1, 0.15) is 39.2 Å². The molecule has 0 atom stereocenters. The molecule has 0 spiro atoms. The Morgan fingerprint density at radius 1 is 1.21 bits per heavy atom. The molecule has 4 heteroatoms. The lowest BCUT2D eigenvalue weighted by molar-refractivity contribution is 0.743. The van der Waals surface area contributed by atoms with Crippen LogP contribution in [0.25, 0.3) is 0 Å². The van der Waals surface area contributed by atoms with Crippen molar-refractivity contribution in [3.05, 3.63) is 23.8 Å². The second-order valence-electron chi connectivity index (χ2n) is 4.43. The maximum atomic E-state index is 5.97. The minimum Gasteiger partial charge on any atom is -0.389 e. The second-order valence-corrected chi connectivity index (χ2v) is 6.18. The van der Waals surface area contributed by atoms with Gasteiger partial charge in [0, 0.05) is 29.2 Å². The fourth-order valence-electron chi connectivity index (χ4n) is 2.20. The fourth-order valence-corrected chi connectivity index (χ4v) is 3.32. The lowest BCUT2D eigenvalue weighted by atomic mass is 10.1. The van der Waals surface area contributed by atoms with Crippen LogP contribution >= 0.6 is 24.0 Å². The molecule has 0 amide bonds. The van der Waals surface area contributed by atoms with Crippen LogP contribution in [0.4, 0.5) is 5.69 Å². The summed E-state index contributed by atoms with van der Waals surface area (Å²) in [5.74, 6) is 1.03. The van der Waals surface area contributed by atoms with Gasteiger partial charge in [0.15, 0.2) is 0 Å². The average Bonchev–Trinajstić information content (AvgIpc) is 2.38. The van der Waals surface area contributed by atoms with Crippen molar-refractivity contribution in [2.24, 2.45) is 5.73 Å². The van der Waals surface area contributed by atoms with Crippen LogP contribution in [0.2, 0.25) is 0 Å². The van der Waals surface area contributed by atoms with Gasteiger partial charge in [-0.1, -0.05) is 39.1 Å². The Hall–Kier alpha value is -0.740. The Kier molecular flexibility index (Phi) is 7.24. The van der Waals surface area contributed by atoms with E-state index >= 15 is 0 Å². The number of thioether (sulfide) groups is 1. The van der Waals surface area contributed by atoms with Crippen molar-refractivity contribution in [3.63, 3.8) is 0 Å². The lowest BCUT2D eigenvalue weighted by Crippen LogP contribution is -2.28. The molecule has 0 unspecified atom stereocenters. The highest BCUT2D eigenvalue weighted by Gasteiger charge is 2.15. The zero-order chi connectivity index (χ0) is 14.3. The van der Waals surface area contributed by atoms with Crippen molar-refractivity contribution in [2.45, 2.75) is 38.5 Å². The molecule has 1 aromatic carbocycles. The van der Waals surface area contributed by atoms with E-state index in [4.69, 9.17) is 18.0 Å². The highest BCUT2D eigenvalue weighted by atomic mass is 32.2. The molecule has 0 aliphatic carbocycles. The summed E-state index contributed by atoms with van der Waals surface area (Å²) in [5, 5.41) is 0. The van der Waals surface area contributed by atoms with Crippen molar-refractivity contribution in [1.29, 1.82) is 0 Å². The van der Waals surface area contributed by atoms with Gasteiger partial charge in [0.1, 0.15) is 4.99 Å². The first kappa shape index (κ1) is 16.3. The molecule has 1 aromatic rings. The summed E-state index contributed by atoms with van der Waals surface area (Å²) in [6.45, 7) is 8.64. The molecule has 2 N–H and O–H groups in total. The van der Waals surface area contributed by atoms with E-state index in [1.807, 2.05) is 0 Å². The third-order valence-corrected chi connectivity index (χ3v) is 4.02. The Morgan fingerprint density at radius 3 is 2.32 bits per heavy atom. The maximum Gasteiger partial charge on any atom is 0.107 e. The van der Waals surface area contributed by atoms with E-state index in [2.05, 4.69) is 43.9 Å². The molecule has 0 saturated carbocycles. The summed E-state index contributed by atoms with van der Waals surface area (Å²) < 4.78 is 0. The van der Waals surface area contributed by atoms with Gasteiger partial charge in [-0.2, -0.15) is 0 Å². The van der Waals surface area contributed by atoms with Gasteiger partial charge in [-0.05, 0) is 30.7 Å². The molecule has 2 nitrogen and oxygen atoms in total. The summed E-state index contributed by atoms with van der Waals surface area (Å²) in [7, 11) is 0. The van der Waals surface area contributed by atoms with Gasteiger partial charge in [-0.15, -0.1) is 11.8 Å². The van der Waals surface area contributed by atoms with Crippen LogP contribution in [0.3, 0.4) is 0 Å². The van der Waals surface area contributed by atoms with Gasteiger partial charge in [-0.25, -0.2) is 0 Å². The van der Waals surface area contributed by atoms with Crippen molar-refractivity contribution < 1.29 is 0 Å². The van der Waals surface area contributed by atoms with E-state index < -0.39 is 0 Å². The molecule has 0 fully saturated rings. The summed E-state index contributed by atoms with van der Waals surface area (Å²) >= 11 is 7.08. The predicted octanol–water partition coefficient (Wildman–Crippen LogP) is 4.06. The van der Waals surface area contributed by atoms with Crippen molar-refractivity contribution in [3.8, 4) is 0 Å². The Balaban J connectivity index is 3.23. The molecule has 0 heterocycles. The van der Waals surface area contributed by atoms with Gasteiger partial charge in [0.2, 0.25) is 0 Å². The molecule has 19 heavy (non-hydrogen) atoms. The number of anilines is 1. The number of hydrogen-bond donors (Lipinski definition) is 1. The standard InChI is InChI=1S/C15H24N2S2/c1-4-10-17(11-5-2)12-8-7-9-13(19-6-3)14(12)15(16)18/h7-9H,4-6,10-11H2,1-3H3,(H2,16,18). The average molecular weight is 297 g/mol. The smallest absolute Gasteiger partial charge is 0.107 e. The van der Waals surface area contributed by atoms with Gasteiger partial charge in [0.05, 0.1) is 0 Å². The van der Waals surface area contributed by atoms with Crippen molar-refractivity contribution >= 4 is 34.7 Å². The van der Waals surface area contributed by atoms with Crippen LogP contribution in [-0.4, -0.2) is 23.8 Å². The highest BCUT2D eigenvalue weighted by molar-refractivity contribution is 7.99. The van der Waals surface area contributed by atoms with E-state index in [0.29, 0.717) is 4.99 Å². The summed E-state index contributed by atoms with van der Waals surface area (Å²) in [4.78, 5) is 4.10. The number of thiocarbonyl (C=S) groups is 1. The SMILES string of the molecule is CCCN(CCC)c1cccc(SCC)c1C(N)=S. The number of nitrogens with two attached hydrogens (primary N) is 1. The third kappa shape index (κ3) is 4.39. The zero-order valence-electron chi connectivity index (χ0n) is 12.1. The van der Waals surface area contributed by atoms with Crippen LogP contribution in [0.5, 0.6) is 0 Å². The molecule has 0 aliphatic heterocycles. The predicted molar refractivity (Wildman–Crippen MR) is 91.5 cm³/mol. The summed E-state index contributed by atoms with van der Waals surface area (Å²) in [6, 6.07) is 6.36. The zero-order valence-corrected chi connectivity index (χ0v) is 13.7. The molecule has 0 aliphatic rings. The lowest BCUT2D eigenvalue weighted by Gasteiger charge is -2.27. The normalized spacial score (nSPS) is 10.5. The van der Waals surface area contributed by atoms with E-state index in [1.54, 1.807) is 11.8 Å². The topological polar surface area (TPSA) is 29.3 Å². The van der Waals surface area contributed by atoms with Gasteiger partial charge in [-0.3, -0.25) is 0 Å². The summed E-state index contributed by atoms with van der Waals surface area (Å²) in [6.07, 6.45) is 2.25. The minimum absolute atomic E-state index is 0.503. The Labute approximate surface area is 126 Å². The fraction of sp³-hybridized carbons (Fsp3) is 0.533. The monoisotopic (exact) mass is 296 g/mol. The van der Waals surface area contributed by atoms with Crippen LogP contribution in [0.15, 0.2) is 23.1 Å². The molecular formula is C15H24N2S2. The molecule has 1 rings (SSSR count). The van der Waals surface area contributed by atoms with Crippen LogP contribution in [-0.2, 0) is 0 Å². The van der Waals surface area contributed by atoms with Crippen molar-refractivity contribution in [2.75, 3.05) is 23.7 Å². The molecule has 0 saturated heterocycles. The number of rotatable bonds is 8. The number of hydrogen-bond acceptors (Lipinski definition) is 3. The van der Waals surface area contributed by atoms with E-state index in [1.165, 1.54) is 10.6 Å². The van der Waals surface area contributed by atoms with Gasteiger partial charge in [0.25, 0.3) is 0 Å². The van der Waals surface area contributed by atoms with Crippen LogP contribution < -0.4 is 10.6 Å². The molecule has 106 valence electrons. The summed E-state index contributed by atoms with van der Waals surface area (Å²) in [5.41, 5.74) is 8.20. The Morgan fingerprint density at radius 2 is 1.84 bits per heavy atom. The van der Waals surface area contributed by atoms with E-state index in [-0.39, 0.29) is 0 Å². The second kappa shape index (κ2) is 8.43. The van der Waals surface area contributed by atoms with E-state index in [9.17, 15) is 0 Å². The van der Waals surface area contributed by atoms with Gasteiger partial charge >= 0.3 is 0 Å². The molecule has 0 radical (unpaired) electrons. The number of benzene rings is 1. The largest absolute Gasteiger partial charge is 0.389 e. The highest BCUT2D eigenvalue weighted by Crippen LogP contribution is 2.31. The van der Waals surface area contributed by atoms with Crippen molar-refractivity contribution in [1.82, 2.24) is 0 Å². The first-order chi connectivity index (χ1) is 9.15. The van der Waals surface area contributed by atoms with E-state index in [0.717, 1.165) is 37.2 Å². The van der Waals surface area contributed by atoms with Gasteiger partial charge < -0.3 is 10.6 Å². The first-order valence-corrected chi connectivity index (χ1v) is 8.35.